The molecule has 0 fully saturated rings. The van der Waals surface area contributed by atoms with Crippen LogP contribution in [0.4, 0.5) is 0 Å². The lowest BCUT2D eigenvalue weighted by Crippen LogP contribution is -2.21. The molecule has 9 heavy (non-hydrogen) atoms. The first-order valence-electron chi connectivity index (χ1n) is 3.21. The van der Waals surface area contributed by atoms with Crippen LogP contribution in [-0.4, -0.2) is 17.8 Å². The van der Waals surface area contributed by atoms with Gasteiger partial charge in [-0.1, -0.05) is 26.0 Å². The zero-order valence-electron chi connectivity index (χ0n) is 6.04. The third-order valence-corrected chi connectivity index (χ3v) is 0.954. The van der Waals surface area contributed by atoms with E-state index in [1.165, 1.54) is 0 Å². The molecule has 0 saturated carbocycles. The first-order chi connectivity index (χ1) is 4.16. The Kier molecular flexibility index (Phi) is 4.36. The Morgan fingerprint density at radius 3 is 2.33 bits per heavy atom. The van der Waals surface area contributed by atoms with Gasteiger partial charge in [0.05, 0.1) is 6.61 Å². The summed E-state index contributed by atoms with van der Waals surface area (Å²) in [5, 5.41) is 8.47. The maximum Gasteiger partial charge on any atom is 0.0618 e. The third kappa shape index (κ3) is 5.53. The van der Waals surface area contributed by atoms with E-state index < -0.39 is 0 Å². The molecule has 0 aliphatic rings. The van der Waals surface area contributed by atoms with Crippen LogP contribution in [0, 0.1) is 5.92 Å². The van der Waals surface area contributed by atoms with Crippen molar-refractivity contribution in [2.24, 2.45) is 11.7 Å². The number of nitrogens with two attached hydrogens (primary N) is 1. The molecule has 0 radical (unpaired) electrons. The quantitative estimate of drug-likeness (QED) is 0.546. The molecular weight excluding hydrogens is 114 g/mol. The van der Waals surface area contributed by atoms with E-state index >= 15 is 0 Å². The van der Waals surface area contributed by atoms with E-state index in [1.807, 2.05) is 12.2 Å². The Bertz CT molecular complexity index is 88.9. The number of hydrogen-bond donors (Lipinski definition) is 2. The zero-order chi connectivity index (χ0) is 7.28. The predicted octanol–water partition coefficient (Wildman–Crippen LogP) is 0.518. The first kappa shape index (κ1) is 8.66. The Morgan fingerprint density at radius 2 is 2.00 bits per heavy atom. The normalized spacial score (nSPS) is 15.2. The van der Waals surface area contributed by atoms with Crippen LogP contribution >= 0.6 is 0 Å². The van der Waals surface area contributed by atoms with Crippen LogP contribution in [0.5, 0.6) is 0 Å². The van der Waals surface area contributed by atoms with Crippen molar-refractivity contribution in [2.45, 2.75) is 19.9 Å². The lowest BCUT2D eigenvalue weighted by atomic mass is 10.2. The second-order valence-corrected chi connectivity index (χ2v) is 2.48. The van der Waals surface area contributed by atoms with Crippen molar-refractivity contribution in [2.75, 3.05) is 6.61 Å². The van der Waals surface area contributed by atoms with E-state index in [4.69, 9.17) is 10.8 Å². The monoisotopic (exact) mass is 129 g/mol. The molecule has 0 bridgehead atoms. The topological polar surface area (TPSA) is 46.2 Å². The molecule has 1 atom stereocenters. The fourth-order valence-corrected chi connectivity index (χ4v) is 0.426. The van der Waals surface area contributed by atoms with Gasteiger partial charge in [-0.05, 0) is 5.92 Å². The van der Waals surface area contributed by atoms with Crippen molar-refractivity contribution in [3.63, 3.8) is 0 Å². The zero-order valence-corrected chi connectivity index (χ0v) is 6.04. The fraction of sp³-hybridized carbons (Fsp3) is 0.714. The average Bonchev–Trinajstić information content (AvgIpc) is 1.83. The van der Waals surface area contributed by atoms with Crippen LogP contribution in [0.3, 0.4) is 0 Å². The number of allylic oxidation sites excluding steroid dienone is 1. The van der Waals surface area contributed by atoms with Crippen LogP contribution < -0.4 is 5.73 Å². The van der Waals surface area contributed by atoms with E-state index in [0.29, 0.717) is 5.92 Å². The maximum atomic E-state index is 8.47. The van der Waals surface area contributed by atoms with E-state index in [9.17, 15) is 0 Å². The van der Waals surface area contributed by atoms with Gasteiger partial charge in [0.15, 0.2) is 0 Å². The molecular formula is C7H15NO. The van der Waals surface area contributed by atoms with Crippen LogP contribution in [0.15, 0.2) is 12.2 Å². The summed E-state index contributed by atoms with van der Waals surface area (Å²) in [6.07, 6.45) is 3.81. The summed E-state index contributed by atoms with van der Waals surface area (Å²) >= 11 is 0. The molecule has 0 unspecified atom stereocenters. The van der Waals surface area contributed by atoms with Crippen LogP contribution in [0.25, 0.3) is 0 Å². The Labute approximate surface area is 56.4 Å². The largest absolute Gasteiger partial charge is 0.394 e. The molecule has 0 heterocycles. The summed E-state index contributed by atoms with van der Waals surface area (Å²) in [4.78, 5) is 0. The molecule has 0 rings (SSSR count). The van der Waals surface area contributed by atoms with Crippen molar-refractivity contribution < 1.29 is 5.11 Å². The molecule has 0 aromatic carbocycles. The molecule has 0 amide bonds. The molecule has 0 saturated heterocycles. The maximum absolute atomic E-state index is 8.47. The van der Waals surface area contributed by atoms with Gasteiger partial charge in [0.1, 0.15) is 0 Å². The van der Waals surface area contributed by atoms with Crippen molar-refractivity contribution >= 4 is 0 Å². The van der Waals surface area contributed by atoms with Gasteiger partial charge in [-0.3, -0.25) is 0 Å². The summed E-state index contributed by atoms with van der Waals surface area (Å²) in [5.74, 6) is 0.516. The predicted molar refractivity (Wildman–Crippen MR) is 39.0 cm³/mol. The number of rotatable bonds is 3. The SMILES string of the molecule is CC(C)/C=C/[C@@H](N)CO. The molecule has 0 aliphatic carbocycles. The Balaban J connectivity index is 3.43. The van der Waals surface area contributed by atoms with Crippen LogP contribution in [-0.2, 0) is 0 Å². The summed E-state index contributed by atoms with van der Waals surface area (Å²) in [7, 11) is 0. The highest BCUT2D eigenvalue weighted by atomic mass is 16.3. The Hall–Kier alpha value is -0.340. The van der Waals surface area contributed by atoms with E-state index in [0.717, 1.165) is 0 Å². The number of hydrogen-bond acceptors (Lipinski definition) is 2. The summed E-state index contributed by atoms with van der Waals surface area (Å²) in [6.45, 7) is 4.17. The van der Waals surface area contributed by atoms with Crippen LogP contribution in [0.1, 0.15) is 13.8 Å². The number of aliphatic hydroxyl groups is 1. The summed E-state index contributed by atoms with van der Waals surface area (Å²) in [5.41, 5.74) is 5.38. The van der Waals surface area contributed by atoms with Crippen molar-refractivity contribution in [1.82, 2.24) is 0 Å². The van der Waals surface area contributed by atoms with Gasteiger partial charge in [0.25, 0.3) is 0 Å². The van der Waals surface area contributed by atoms with Gasteiger partial charge in [0, 0.05) is 6.04 Å². The highest BCUT2D eigenvalue weighted by molar-refractivity contribution is 4.92. The molecule has 0 aliphatic heterocycles. The lowest BCUT2D eigenvalue weighted by Gasteiger charge is -2.00. The van der Waals surface area contributed by atoms with Gasteiger partial charge in [-0.15, -0.1) is 0 Å². The standard InChI is InChI=1S/C7H15NO/c1-6(2)3-4-7(8)5-9/h3-4,6-7,9H,5,8H2,1-2H3/b4-3+/t7-/m1/s1. The number of aliphatic hydroxyl groups excluding tert-OH is 1. The van der Waals surface area contributed by atoms with Gasteiger partial charge in [-0.2, -0.15) is 0 Å². The van der Waals surface area contributed by atoms with Crippen molar-refractivity contribution in [3.05, 3.63) is 12.2 Å². The molecule has 2 heteroatoms. The van der Waals surface area contributed by atoms with Gasteiger partial charge < -0.3 is 10.8 Å². The summed E-state index contributed by atoms with van der Waals surface area (Å²) < 4.78 is 0. The minimum absolute atomic E-state index is 0.0310. The molecule has 0 aromatic heterocycles. The van der Waals surface area contributed by atoms with Gasteiger partial charge in [0.2, 0.25) is 0 Å². The highest BCUT2D eigenvalue weighted by Crippen LogP contribution is 1.93. The van der Waals surface area contributed by atoms with Gasteiger partial charge in [-0.25, -0.2) is 0 Å². The van der Waals surface area contributed by atoms with E-state index in [-0.39, 0.29) is 12.6 Å². The van der Waals surface area contributed by atoms with Crippen LogP contribution in [0.2, 0.25) is 0 Å². The molecule has 2 nitrogen and oxygen atoms in total. The third-order valence-electron chi connectivity index (χ3n) is 0.954. The van der Waals surface area contributed by atoms with Crippen molar-refractivity contribution in [1.29, 1.82) is 0 Å². The minimum Gasteiger partial charge on any atom is -0.394 e. The fourth-order valence-electron chi connectivity index (χ4n) is 0.426. The smallest absolute Gasteiger partial charge is 0.0618 e. The molecule has 54 valence electrons. The van der Waals surface area contributed by atoms with Crippen molar-refractivity contribution in [3.8, 4) is 0 Å². The first-order valence-corrected chi connectivity index (χ1v) is 3.21. The Morgan fingerprint density at radius 1 is 1.44 bits per heavy atom. The minimum atomic E-state index is -0.188. The van der Waals surface area contributed by atoms with E-state index in [2.05, 4.69) is 13.8 Å². The second-order valence-electron chi connectivity index (χ2n) is 2.48. The van der Waals surface area contributed by atoms with E-state index in [1.54, 1.807) is 0 Å². The molecule has 0 spiro atoms. The molecule has 3 N–H and O–H groups in total. The average molecular weight is 129 g/mol. The lowest BCUT2D eigenvalue weighted by molar-refractivity contribution is 0.283. The molecule has 0 aromatic rings. The van der Waals surface area contributed by atoms with Gasteiger partial charge >= 0.3 is 0 Å². The summed E-state index contributed by atoms with van der Waals surface area (Å²) in [6, 6.07) is -0.188. The second kappa shape index (κ2) is 4.53. The highest BCUT2D eigenvalue weighted by Gasteiger charge is 1.91.